The van der Waals surface area contributed by atoms with E-state index in [2.05, 4.69) is 78.5 Å². The Morgan fingerprint density at radius 1 is 0.792 bits per heavy atom. The number of nitrogens with zero attached hydrogens (tertiary/aromatic N) is 2. The van der Waals surface area contributed by atoms with Crippen LogP contribution in [-0.4, -0.2) is 9.97 Å². The van der Waals surface area contributed by atoms with Crippen molar-refractivity contribution in [2.75, 3.05) is 5.32 Å². The molecule has 0 aliphatic carbocycles. The maximum atomic E-state index is 4.57. The van der Waals surface area contributed by atoms with Crippen LogP contribution in [0.15, 0.2) is 48.5 Å². The minimum absolute atomic E-state index is 0. The normalized spacial score (nSPS) is 10.2. The molecule has 3 nitrogen and oxygen atoms in total. The third kappa shape index (κ3) is 4.12. The molecule has 0 fully saturated rings. The highest BCUT2D eigenvalue weighted by atomic mass is 35.5. The van der Waals surface area contributed by atoms with Crippen molar-refractivity contribution >= 4 is 23.9 Å². The summed E-state index contributed by atoms with van der Waals surface area (Å²) < 4.78 is 0. The zero-order valence-electron chi connectivity index (χ0n) is 14.4. The lowest BCUT2D eigenvalue weighted by Crippen LogP contribution is -1.99. The number of nitrogens with one attached hydrogen (secondary N) is 1. The second kappa shape index (κ2) is 7.45. The molecular weight excluding hydrogens is 318 g/mol. The monoisotopic (exact) mass is 339 g/mol. The van der Waals surface area contributed by atoms with Crippen LogP contribution in [0.25, 0.3) is 11.3 Å². The molecule has 0 aliphatic heterocycles. The summed E-state index contributed by atoms with van der Waals surface area (Å²) in [6.07, 6.45) is 0. The van der Waals surface area contributed by atoms with Gasteiger partial charge in [0.2, 0.25) is 0 Å². The van der Waals surface area contributed by atoms with E-state index in [9.17, 15) is 0 Å². The fourth-order valence-corrected chi connectivity index (χ4v) is 2.55. The molecule has 2 aromatic carbocycles. The zero-order valence-corrected chi connectivity index (χ0v) is 15.2. The van der Waals surface area contributed by atoms with Gasteiger partial charge in [-0.25, -0.2) is 9.97 Å². The molecule has 1 aromatic heterocycles. The van der Waals surface area contributed by atoms with Crippen molar-refractivity contribution in [2.45, 2.75) is 27.7 Å². The molecule has 124 valence electrons. The van der Waals surface area contributed by atoms with Crippen molar-refractivity contribution in [3.8, 4) is 11.3 Å². The molecule has 0 aliphatic rings. The number of anilines is 2. The molecule has 0 bridgehead atoms. The number of rotatable bonds is 3. The Kier molecular flexibility index (Phi) is 5.58. The number of halogens is 1. The van der Waals surface area contributed by atoms with E-state index in [1.807, 2.05) is 13.0 Å². The van der Waals surface area contributed by atoms with Crippen LogP contribution in [0.5, 0.6) is 0 Å². The summed E-state index contributed by atoms with van der Waals surface area (Å²) in [4.78, 5) is 9.07. The highest BCUT2D eigenvalue weighted by Crippen LogP contribution is 2.23. The Morgan fingerprint density at radius 2 is 1.58 bits per heavy atom. The van der Waals surface area contributed by atoms with Gasteiger partial charge in [-0.2, -0.15) is 0 Å². The van der Waals surface area contributed by atoms with Gasteiger partial charge in [0.25, 0.3) is 0 Å². The lowest BCUT2D eigenvalue weighted by molar-refractivity contribution is 1.06. The molecule has 1 heterocycles. The van der Waals surface area contributed by atoms with Gasteiger partial charge in [0.15, 0.2) is 0 Å². The van der Waals surface area contributed by atoms with Crippen LogP contribution in [0, 0.1) is 27.7 Å². The van der Waals surface area contributed by atoms with Crippen LogP contribution in [0.1, 0.15) is 22.5 Å². The van der Waals surface area contributed by atoms with Crippen molar-refractivity contribution in [1.29, 1.82) is 0 Å². The van der Waals surface area contributed by atoms with Crippen LogP contribution < -0.4 is 5.32 Å². The summed E-state index contributed by atoms with van der Waals surface area (Å²) >= 11 is 0. The van der Waals surface area contributed by atoms with E-state index in [1.165, 1.54) is 16.7 Å². The van der Waals surface area contributed by atoms with Crippen LogP contribution in [-0.2, 0) is 0 Å². The Labute approximate surface area is 149 Å². The van der Waals surface area contributed by atoms with Crippen molar-refractivity contribution in [3.63, 3.8) is 0 Å². The molecule has 0 unspecified atom stereocenters. The van der Waals surface area contributed by atoms with Crippen molar-refractivity contribution in [1.82, 2.24) is 9.97 Å². The van der Waals surface area contributed by atoms with E-state index >= 15 is 0 Å². The molecule has 0 atom stereocenters. The molecule has 24 heavy (non-hydrogen) atoms. The van der Waals surface area contributed by atoms with Gasteiger partial charge in [0.05, 0.1) is 5.69 Å². The van der Waals surface area contributed by atoms with E-state index in [4.69, 9.17) is 0 Å². The predicted molar refractivity (Wildman–Crippen MR) is 103 cm³/mol. The maximum Gasteiger partial charge on any atom is 0.134 e. The van der Waals surface area contributed by atoms with Crippen LogP contribution in [0.4, 0.5) is 11.5 Å². The van der Waals surface area contributed by atoms with Crippen LogP contribution in [0.3, 0.4) is 0 Å². The lowest BCUT2D eigenvalue weighted by Gasteiger charge is -2.10. The largest absolute Gasteiger partial charge is 0.340 e. The zero-order chi connectivity index (χ0) is 16.4. The third-order valence-electron chi connectivity index (χ3n) is 3.93. The second-order valence-corrected chi connectivity index (χ2v) is 5.98. The summed E-state index contributed by atoms with van der Waals surface area (Å²) in [7, 11) is 0. The maximum absolute atomic E-state index is 4.57. The van der Waals surface area contributed by atoms with Gasteiger partial charge in [-0.3, -0.25) is 0 Å². The topological polar surface area (TPSA) is 37.8 Å². The summed E-state index contributed by atoms with van der Waals surface area (Å²) in [5.41, 5.74) is 6.87. The summed E-state index contributed by atoms with van der Waals surface area (Å²) in [6.45, 7) is 8.24. The van der Waals surface area contributed by atoms with E-state index in [0.717, 1.165) is 28.6 Å². The Hall–Kier alpha value is -2.39. The SMILES string of the molecule is Cc1cccc(-c2cc(Nc3ccc(C)c(C)c3)nc(C)n2)c1.Cl. The first-order valence-corrected chi connectivity index (χ1v) is 7.78. The number of benzene rings is 2. The summed E-state index contributed by atoms with van der Waals surface area (Å²) in [6, 6.07) is 16.7. The molecule has 0 saturated carbocycles. The van der Waals surface area contributed by atoms with Gasteiger partial charge < -0.3 is 5.32 Å². The molecule has 0 amide bonds. The predicted octanol–water partition coefficient (Wildman–Crippen LogP) is 5.54. The van der Waals surface area contributed by atoms with Gasteiger partial charge >= 0.3 is 0 Å². The van der Waals surface area contributed by atoms with E-state index in [0.29, 0.717) is 0 Å². The second-order valence-electron chi connectivity index (χ2n) is 5.98. The molecule has 4 heteroatoms. The smallest absolute Gasteiger partial charge is 0.134 e. The lowest BCUT2D eigenvalue weighted by atomic mass is 10.1. The van der Waals surface area contributed by atoms with Crippen molar-refractivity contribution in [2.24, 2.45) is 0 Å². The average Bonchev–Trinajstić information content (AvgIpc) is 2.50. The van der Waals surface area contributed by atoms with Crippen molar-refractivity contribution in [3.05, 3.63) is 71.0 Å². The van der Waals surface area contributed by atoms with Gasteiger partial charge in [0, 0.05) is 17.3 Å². The molecular formula is C20H22ClN3. The van der Waals surface area contributed by atoms with E-state index in [-0.39, 0.29) is 12.4 Å². The van der Waals surface area contributed by atoms with Gasteiger partial charge in [-0.1, -0.05) is 29.8 Å². The molecule has 3 aromatic rings. The fourth-order valence-electron chi connectivity index (χ4n) is 2.55. The average molecular weight is 340 g/mol. The Bertz CT molecular complexity index is 859. The van der Waals surface area contributed by atoms with E-state index < -0.39 is 0 Å². The quantitative estimate of drug-likeness (QED) is 0.680. The fraction of sp³-hybridized carbons (Fsp3) is 0.200. The van der Waals surface area contributed by atoms with Gasteiger partial charge in [-0.15, -0.1) is 12.4 Å². The molecule has 1 N–H and O–H groups in total. The first-order valence-electron chi connectivity index (χ1n) is 7.78. The molecule has 0 radical (unpaired) electrons. The molecule has 0 saturated heterocycles. The van der Waals surface area contributed by atoms with Gasteiger partial charge in [-0.05, 0) is 57.0 Å². The number of aromatic nitrogens is 2. The standard InChI is InChI=1S/C20H21N3.ClH/c1-13-6-5-7-17(10-13)19-12-20(22-16(4)21-19)23-18-9-8-14(2)15(3)11-18;/h5-12H,1-4H3,(H,21,22,23);1H. The number of hydrogen-bond acceptors (Lipinski definition) is 3. The minimum Gasteiger partial charge on any atom is -0.340 e. The highest BCUT2D eigenvalue weighted by molar-refractivity contribution is 5.85. The van der Waals surface area contributed by atoms with Crippen LogP contribution >= 0.6 is 12.4 Å². The Morgan fingerprint density at radius 3 is 2.29 bits per heavy atom. The van der Waals surface area contributed by atoms with E-state index in [1.54, 1.807) is 0 Å². The molecule has 3 rings (SSSR count). The third-order valence-corrected chi connectivity index (χ3v) is 3.93. The highest BCUT2D eigenvalue weighted by Gasteiger charge is 2.06. The molecule has 0 spiro atoms. The van der Waals surface area contributed by atoms with Crippen LogP contribution in [0.2, 0.25) is 0 Å². The number of hydrogen-bond donors (Lipinski definition) is 1. The van der Waals surface area contributed by atoms with Crippen molar-refractivity contribution < 1.29 is 0 Å². The first kappa shape index (κ1) is 18.0. The minimum atomic E-state index is 0. The first-order chi connectivity index (χ1) is 11.0. The summed E-state index contributed by atoms with van der Waals surface area (Å²) in [5, 5.41) is 3.39. The number of aryl methyl sites for hydroxylation is 4. The Balaban J connectivity index is 0.00000208. The summed E-state index contributed by atoms with van der Waals surface area (Å²) in [5.74, 6) is 1.58. The van der Waals surface area contributed by atoms with Gasteiger partial charge in [0.1, 0.15) is 11.6 Å².